The number of aryl methyl sites for hydroxylation is 3. The zero-order valence-electron chi connectivity index (χ0n) is 12.1. The Morgan fingerprint density at radius 3 is 2.75 bits per heavy atom. The maximum Gasteiger partial charge on any atom is 0.220 e. The smallest absolute Gasteiger partial charge is 0.220 e. The topological polar surface area (TPSA) is 29.1 Å². The summed E-state index contributed by atoms with van der Waals surface area (Å²) in [5.74, 6) is 0.140. The molecule has 0 bridgehead atoms. The summed E-state index contributed by atoms with van der Waals surface area (Å²) in [5.41, 5.74) is 3.81. The molecule has 0 aliphatic carbocycles. The molecule has 0 fully saturated rings. The number of hydrogen-bond acceptors (Lipinski definition) is 2. The van der Waals surface area contributed by atoms with E-state index in [1.807, 2.05) is 6.07 Å². The van der Waals surface area contributed by atoms with E-state index in [0.29, 0.717) is 6.42 Å². The van der Waals surface area contributed by atoms with Crippen LogP contribution in [-0.2, 0) is 17.6 Å². The van der Waals surface area contributed by atoms with Gasteiger partial charge in [0.15, 0.2) is 0 Å². The van der Waals surface area contributed by atoms with Crippen LogP contribution in [0.5, 0.6) is 0 Å². The Labute approximate surface area is 124 Å². The molecule has 2 rings (SSSR count). The summed E-state index contributed by atoms with van der Waals surface area (Å²) >= 11 is 1.74. The molecule has 0 atom stereocenters. The van der Waals surface area contributed by atoms with Gasteiger partial charge in [-0.25, -0.2) is 0 Å². The van der Waals surface area contributed by atoms with Crippen molar-refractivity contribution in [2.75, 3.05) is 6.54 Å². The lowest BCUT2D eigenvalue weighted by Crippen LogP contribution is -2.25. The van der Waals surface area contributed by atoms with Gasteiger partial charge in [-0.1, -0.05) is 29.8 Å². The number of carbonyl (C=O) groups is 1. The molecule has 0 saturated heterocycles. The number of carbonyl (C=O) groups excluding carboxylic acids is 1. The molecule has 3 heteroatoms. The Morgan fingerprint density at radius 1 is 1.20 bits per heavy atom. The van der Waals surface area contributed by atoms with Crippen molar-refractivity contribution in [1.29, 1.82) is 0 Å². The highest BCUT2D eigenvalue weighted by atomic mass is 32.1. The summed E-state index contributed by atoms with van der Waals surface area (Å²) in [6, 6.07) is 10.6. The van der Waals surface area contributed by atoms with Crippen molar-refractivity contribution in [2.45, 2.75) is 33.1 Å². The van der Waals surface area contributed by atoms with E-state index in [1.165, 1.54) is 21.6 Å². The highest BCUT2D eigenvalue weighted by Crippen LogP contribution is 2.12. The quantitative estimate of drug-likeness (QED) is 0.863. The molecule has 0 unspecified atom stereocenters. The first kappa shape index (κ1) is 14.8. The average Bonchev–Trinajstić information content (AvgIpc) is 2.91. The van der Waals surface area contributed by atoms with E-state index in [-0.39, 0.29) is 5.91 Å². The number of hydrogen-bond donors (Lipinski definition) is 1. The average molecular weight is 287 g/mol. The molecule has 1 aromatic heterocycles. The minimum atomic E-state index is 0.140. The molecule has 0 aliphatic heterocycles. The predicted octanol–water partition coefficient (Wildman–Crippen LogP) is 3.66. The molecule has 106 valence electrons. The van der Waals surface area contributed by atoms with Gasteiger partial charge in [0.25, 0.3) is 0 Å². The van der Waals surface area contributed by atoms with Crippen LogP contribution in [0.25, 0.3) is 0 Å². The van der Waals surface area contributed by atoms with Crippen molar-refractivity contribution in [3.05, 3.63) is 57.3 Å². The summed E-state index contributed by atoms with van der Waals surface area (Å²) < 4.78 is 0. The minimum Gasteiger partial charge on any atom is -0.356 e. The van der Waals surface area contributed by atoms with Gasteiger partial charge in [-0.2, -0.15) is 0 Å². The molecule has 0 spiro atoms. The predicted molar refractivity (Wildman–Crippen MR) is 85.3 cm³/mol. The van der Waals surface area contributed by atoms with E-state index in [0.717, 1.165) is 19.4 Å². The van der Waals surface area contributed by atoms with Crippen LogP contribution in [0.4, 0.5) is 0 Å². The lowest BCUT2D eigenvalue weighted by Gasteiger charge is -2.07. The fourth-order valence-corrected chi connectivity index (χ4v) is 2.95. The van der Waals surface area contributed by atoms with Crippen LogP contribution in [0.1, 0.15) is 28.0 Å². The molecule has 1 aromatic carbocycles. The summed E-state index contributed by atoms with van der Waals surface area (Å²) in [5, 5.41) is 5.06. The van der Waals surface area contributed by atoms with Crippen molar-refractivity contribution >= 4 is 17.2 Å². The Kier molecular flexibility index (Phi) is 5.36. The van der Waals surface area contributed by atoms with Crippen molar-refractivity contribution < 1.29 is 4.79 Å². The maximum atomic E-state index is 11.8. The Hall–Kier alpha value is -1.61. The number of thiophene rings is 1. The first-order valence-corrected chi connectivity index (χ1v) is 7.88. The molecular weight excluding hydrogens is 266 g/mol. The summed E-state index contributed by atoms with van der Waals surface area (Å²) in [7, 11) is 0. The van der Waals surface area contributed by atoms with Crippen LogP contribution in [0.2, 0.25) is 0 Å². The first-order valence-electron chi connectivity index (χ1n) is 7.00. The van der Waals surface area contributed by atoms with Gasteiger partial charge >= 0.3 is 0 Å². The van der Waals surface area contributed by atoms with Crippen molar-refractivity contribution in [3.8, 4) is 0 Å². The van der Waals surface area contributed by atoms with Gasteiger partial charge in [0, 0.05) is 17.8 Å². The molecular formula is C17H21NOS. The Bertz CT molecular complexity index is 560. The largest absolute Gasteiger partial charge is 0.356 e. The normalized spacial score (nSPS) is 10.5. The summed E-state index contributed by atoms with van der Waals surface area (Å²) in [4.78, 5) is 13.1. The van der Waals surface area contributed by atoms with Crippen LogP contribution >= 0.6 is 11.3 Å². The van der Waals surface area contributed by atoms with Gasteiger partial charge in [0.05, 0.1) is 0 Å². The molecule has 1 heterocycles. The van der Waals surface area contributed by atoms with Gasteiger partial charge in [-0.3, -0.25) is 4.79 Å². The second kappa shape index (κ2) is 7.25. The second-order valence-electron chi connectivity index (χ2n) is 5.11. The summed E-state index contributed by atoms with van der Waals surface area (Å²) in [6.45, 7) is 4.93. The van der Waals surface area contributed by atoms with Gasteiger partial charge in [-0.15, -0.1) is 11.3 Å². The Balaban J connectivity index is 1.72. The Morgan fingerprint density at radius 2 is 2.05 bits per heavy atom. The van der Waals surface area contributed by atoms with Crippen molar-refractivity contribution in [2.24, 2.45) is 0 Å². The van der Waals surface area contributed by atoms with E-state index in [2.05, 4.69) is 48.8 Å². The molecule has 2 nitrogen and oxygen atoms in total. The third-order valence-corrected chi connectivity index (χ3v) is 4.33. The molecule has 0 radical (unpaired) electrons. The van der Waals surface area contributed by atoms with E-state index < -0.39 is 0 Å². The third-order valence-electron chi connectivity index (χ3n) is 3.39. The van der Waals surface area contributed by atoms with Gasteiger partial charge < -0.3 is 5.32 Å². The highest BCUT2D eigenvalue weighted by molar-refractivity contribution is 7.09. The highest BCUT2D eigenvalue weighted by Gasteiger charge is 2.04. The van der Waals surface area contributed by atoms with Crippen LogP contribution in [0.3, 0.4) is 0 Å². The molecule has 2 aromatic rings. The van der Waals surface area contributed by atoms with Crippen molar-refractivity contribution in [1.82, 2.24) is 5.32 Å². The lowest BCUT2D eigenvalue weighted by atomic mass is 10.0. The van der Waals surface area contributed by atoms with Crippen LogP contribution < -0.4 is 5.32 Å². The monoisotopic (exact) mass is 287 g/mol. The first-order chi connectivity index (χ1) is 9.65. The molecule has 1 amide bonds. The fourth-order valence-electron chi connectivity index (χ4n) is 2.24. The van der Waals surface area contributed by atoms with E-state index in [9.17, 15) is 4.79 Å². The van der Waals surface area contributed by atoms with Crippen LogP contribution in [0.15, 0.2) is 35.7 Å². The zero-order chi connectivity index (χ0) is 14.4. The summed E-state index contributed by atoms with van der Waals surface area (Å²) in [6.07, 6.45) is 2.30. The number of rotatable bonds is 6. The van der Waals surface area contributed by atoms with Gasteiger partial charge in [0.2, 0.25) is 5.91 Å². The minimum absolute atomic E-state index is 0.140. The van der Waals surface area contributed by atoms with E-state index in [4.69, 9.17) is 0 Å². The zero-order valence-corrected chi connectivity index (χ0v) is 12.9. The second-order valence-corrected chi connectivity index (χ2v) is 6.14. The van der Waals surface area contributed by atoms with Gasteiger partial charge in [0.1, 0.15) is 0 Å². The number of nitrogens with one attached hydrogen (secondary N) is 1. The lowest BCUT2D eigenvalue weighted by molar-refractivity contribution is -0.121. The molecule has 0 aliphatic rings. The van der Waals surface area contributed by atoms with Crippen LogP contribution in [-0.4, -0.2) is 12.5 Å². The number of benzene rings is 1. The van der Waals surface area contributed by atoms with Gasteiger partial charge in [-0.05, 0) is 49.3 Å². The van der Waals surface area contributed by atoms with Crippen molar-refractivity contribution in [3.63, 3.8) is 0 Å². The fraction of sp³-hybridized carbons (Fsp3) is 0.353. The SMILES string of the molecule is Cc1ccc(CCC(=O)NCCc2cccs2)c(C)c1. The molecule has 1 N–H and O–H groups in total. The third kappa shape index (κ3) is 4.49. The maximum absolute atomic E-state index is 11.8. The number of amides is 1. The standard InChI is InChI=1S/C17H21NOS/c1-13-5-6-15(14(2)12-13)7-8-17(19)18-10-9-16-4-3-11-20-16/h3-6,11-12H,7-10H2,1-2H3,(H,18,19). The van der Waals surface area contributed by atoms with Crippen LogP contribution in [0, 0.1) is 13.8 Å². The van der Waals surface area contributed by atoms with E-state index in [1.54, 1.807) is 11.3 Å². The molecule has 0 saturated carbocycles. The molecule has 20 heavy (non-hydrogen) atoms. The van der Waals surface area contributed by atoms with E-state index >= 15 is 0 Å².